The predicted molar refractivity (Wildman–Crippen MR) is 156 cm³/mol. The van der Waals surface area contributed by atoms with Gasteiger partial charge in [-0.15, -0.1) is 0 Å². The van der Waals surface area contributed by atoms with Gasteiger partial charge in [-0.2, -0.15) is 4.73 Å². The molecule has 41 heavy (non-hydrogen) atoms. The molecule has 10 heteroatoms. The van der Waals surface area contributed by atoms with Crippen LogP contribution in [-0.2, 0) is 32.6 Å². The first-order valence-electron chi connectivity index (χ1n) is 13.3. The third-order valence-electron chi connectivity index (χ3n) is 7.08. The van der Waals surface area contributed by atoms with Gasteiger partial charge in [-0.3, -0.25) is 0 Å². The van der Waals surface area contributed by atoms with E-state index < -0.39 is 16.3 Å². The number of pyridine rings is 1. The van der Waals surface area contributed by atoms with Gasteiger partial charge in [0.05, 0.1) is 23.7 Å². The lowest BCUT2D eigenvalue weighted by molar-refractivity contribution is -0.645. The van der Waals surface area contributed by atoms with Crippen LogP contribution < -0.4 is 9.45 Å². The SMILES string of the molecule is CC1C(CSc2cccc[n+]2[O-])OC(c2ccc(CNS(=O)(=O)c3ccccc3)cc2)OC1c1ccc(CO)cc1. The molecule has 0 bridgehead atoms. The van der Waals surface area contributed by atoms with Crippen LogP contribution in [-0.4, -0.2) is 25.4 Å². The Morgan fingerprint density at radius 1 is 0.878 bits per heavy atom. The number of rotatable bonds is 10. The first-order valence-corrected chi connectivity index (χ1v) is 15.8. The van der Waals surface area contributed by atoms with Crippen LogP contribution in [0.4, 0.5) is 0 Å². The third kappa shape index (κ3) is 7.16. The van der Waals surface area contributed by atoms with Crippen LogP contribution in [0.1, 0.15) is 41.6 Å². The molecule has 4 aromatic rings. The van der Waals surface area contributed by atoms with E-state index in [1.54, 1.807) is 42.5 Å². The van der Waals surface area contributed by atoms with Gasteiger partial charge in [-0.05, 0) is 34.9 Å². The Morgan fingerprint density at radius 2 is 1.54 bits per heavy atom. The van der Waals surface area contributed by atoms with Crippen molar-refractivity contribution in [3.63, 3.8) is 0 Å². The van der Waals surface area contributed by atoms with E-state index in [0.29, 0.717) is 10.8 Å². The Morgan fingerprint density at radius 3 is 2.22 bits per heavy atom. The quantitative estimate of drug-likeness (QED) is 0.153. The lowest BCUT2D eigenvalue weighted by Gasteiger charge is -2.41. The van der Waals surface area contributed by atoms with E-state index in [1.165, 1.54) is 18.0 Å². The van der Waals surface area contributed by atoms with E-state index in [0.717, 1.165) is 27.0 Å². The summed E-state index contributed by atoms with van der Waals surface area (Å²) in [6.07, 6.45) is 0.315. The summed E-state index contributed by atoms with van der Waals surface area (Å²) in [6, 6.07) is 28.7. The van der Waals surface area contributed by atoms with Crippen molar-refractivity contribution in [2.75, 3.05) is 5.75 Å². The molecular weight excluding hydrogens is 560 g/mol. The van der Waals surface area contributed by atoms with Gasteiger partial charge < -0.3 is 19.8 Å². The standard InChI is InChI=1S/C31H32N2O6S2/c1-22-28(21-40-29-9-5-6-18-33(29)35)38-31(39-30(22)25-14-12-24(20-34)13-15-25)26-16-10-23(11-17-26)19-32-41(36,37)27-7-3-2-4-8-27/h2-18,22,28,30-32,34H,19-21H2,1H3. The van der Waals surface area contributed by atoms with Gasteiger partial charge in [-0.25, -0.2) is 13.1 Å². The van der Waals surface area contributed by atoms with E-state index in [4.69, 9.17) is 9.47 Å². The van der Waals surface area contributed by atoms with Crippen molar-refractivity contribution in [1.82, 2.24) is 4.72 Å². The van der Waals surface area contributed by atoms with Crippen molar-refractivity contribution >= 4 is 21.8 Å². The Balaban J connectivity index is 1.33. The maximum absolute atomic E-state index is 12.6. The average Bonchev–Trinajstić information content (AvgIpc) is 3.01. The molecule has 0 spiro atoms. The molecule has 4 unspecified atom stereocenters. The molecule has 2 heterocycles. The molecule has 1 aliphatic heterocycles. The van der Waals surface area contributed by atoms with Gasteiger partial charge >= 0.3 is 0 Å². The first kappa shape index (κ1) is 29.2. The van der Waals surface area contributed by atoms with Crippen molar-refractivity contribution in [3.8, 4) is 0 Å². The van der Waals surface area contributed by atoms with Gasteiger partial charge in [0.1, 0.15) is 0 Å². The normalized spacial score (nSPS) is 21.0. The molecule has 8 nitrogen and oxygen atoms in total. The number of sulfonamides is 1. The fraction of sp³-hybridized carbons (Fsp3) is 0.258. The zero-order valence-electron chi connectivity index (χ0n) is 22.5. The molecular formula is C31H32N2O6S2. The van der Waals surface area contributed by atoms with Crippen LogP contribution in [0.15, 0.2) is 113 Å². The Hall–Kier alpha value is -3.25. The maximum Gasteiger partial charge on any atom is 0.251 e. The summed E-state index contributed by atoms with van der Waals surface area (Å²) in [6.45, 7) is 2.18. The summed E-state index contributed by atoms with van der Waals surface area (Å²) in [5.74, 6) is 0.534. The molecule has 1 fully saturated rings. The molecule has 0 aliphatic carbocycles. The molecule has 4 atom stereocenters. The smallest absolute Gasteiger partial charge is 0.251 e. The van der Waals surface area contributed by atoms with Crippen molar-refractivity contribution in [2.45, 2.75) is 48.5 Å². The van der Waals surface area contributed by atoms with Gasteiger partial charge in [0.2, 0.25) is 10.0 Å². The summed E-state index contributed by atoms with van der Waals surface area (Å²) >= 11 is 1.44. The summed E-state index contributed by atoms with van der Waals surface area (Å²) in [5, 5.41) is 22.3. The van der Waals surface area contributed by atoms with Gasteiger partial charge in [0.15, 0.2) is 12.5 Å². The Kier molecular flexibility index (Phi) is 9.39. The Labute approximate surface area is 244 Å². The van der Waals surface area contributed by atoms with Crippen LogP contribution >= 0.6 is 11.8 Å². The highest BCUT2D eigenvalue weighted by Crippen LogP contribution is 2.42. The monoisotopic (exact) mass is 592 g/mol. The lowest BCUT2D eigenvalue weighted by Crippen LogP contribution is -2.39. The van der Waals surface area contributed by atoms with Gasteiger partial charge in [-0.1, -0.05) is 85.4 Å². The summed E-state index contributed by atoms with van der Waals surface area (Å²) < 4.78 is 41.6. The fourth-order valence-corrected chi connectivity index (χ4v) is 6.77. The molecule has 1 aromatic heterocycles. The molecule has 0 amide bonds. The highest BCUT2D eigenvalue weighted by atomic mass is 32.2. The average molecular weight is 593 g/mol. The molecule has 5 rings (SSSR count). The second kappa shape index (κ2) is 13.2. The molecule has 3 aromatic carbocycles. The zero-order chi connectivity index (χ0) is 28.8. The largest absolute Gasteiger partial charge is 0.618 e. The van der Waals surface area contributed by atoms with Crippen LogP contribution in [0.25, 0.3) is 0 Å². The van der Waals surface area contributed by atoms with Crippen LogP contribution in [0.3, 0.4) is 0 Å². The predicted octanol–water partition coefficient (Wildman–Crippen LogP) is 4.87. The minimum absolute atomic E-state index is 0.0193. The first-order chi connectivity index (χ1) is 19.8. The molecule has 0 radical (unpaired) electrons. The number of hydrogen-bond donors (Lipinski definition) is 2. The van der Waals surface area contributed by atoms with Crippen molar-refractivity contribution in [2.24, 2.45) is 5.92 Å². The van der Waals surface area contributed by atoms with E-state index in [2.05, 4.69) is 11.6 Å². The molecule has 0 saturated carbocycles. The van der Waals surface area contributed by atoms with Gasteiger partial charge in [0, 0.05) is 35.9 Å². The topological polar surface area (TPSA) is 112 Å². The number of nitrogens with zero attached hydrogens (tertiary/aromatic N) is 1. The highest BCUT2D eigenvalue weighted by Gasteiger charge is 2.38. The lowest BCUT2D eigenvalue weighted by atomic mass is 9.91. The fourth-order valence-electron chi connectivity index (χ4n) is 4.66. The van der Waals surface area contributed by atoms with E-state index in [1.807, 2.05) is 54.6 Å². The summed E-state index contributed by atoms with van der Waals surface area (Å²) in [4.78, 5) is 0.217. The van der Waals surface area contributed by atoms with Crippen molar-refractivity contribution < 1.29 is 27.7 Å². The summed E-state index contributed by atoms with van der Waals surface area (Å²) in [7, 11) is -3.62. The summed E-state index contributed by atoms with van der Waals surface area (Å²) in [5.41, 5.74) is 3.39. The maximum atomic E-state index is 12.6. The van der Waals surface area contributed by atoms with Crippen LogP contribution in [0, 0.1) is 11.1 Å². The number of ether oxygens (including phenoxy) is 2. The minimum atomic E-state index is -3.62. The Bertz CT molecular complexity index is 1530. The molecule has 2 N–H and O–H groups in total. The number of aliphatic hydroxyl groups excluding tert-OH is 1. The number of hydrogen-bond acceptors (Lipinski definition) is 7. The second-order valence-electron chi connectivity index (χ2n) is 9.88. The van der Waals surface area contributed by atoms with Crippen LogP contribution in [0.2, 0.25) is 0 Å². The number of aromatic nitrogens is 1. The highest BCUT2D eigenvalue weighted by molar-refractivity contribution is 7.99. The van der Waals surface area contributed by atoms with Gasteiger partial charge in [0.25, 0.3) is 5.03 Å². The zero-order valence-corrected chi connectivity index (χ0v) is 24.1. The van der Waals surface area contributed by atoms with E-state index in [-0.39, 0.29) is 36.2 Å². The van der Waals surface area contributed by atoms with E-state index in [9.17, 15) is 18.7 Å². The van der Waals surface area contributed by atoms with Crippen LogP contribution in [0.5, 0.6) is 0 Å². The van der Waals surface area contributed by atoms with E-state index >= 15 is 0 Å². The van der Waals surface area contributed by atoms with Crippen molar-refractivity contribution in [1.29, 1.82) is 0 Å². The third-order valence-corrected chi connectivity index (χ3v) is 9.60. The molecule has 1 aliphatic rings. The number of thioether (sulfide) groups is 1. The number of benzene rings is 3. The van der Waals surface area contributed by atoms with Crippen molar-refractivity contribution in [3.05, 3.63) is 131 Å². The number of aliphatic hydroxyl groups is 1. The number of nitrogens with one attached hydrogen (secondary N) is 1. The minimum Gasteiger partial charge on any atom is -0.618 e. The molecule has 214 valence electrons. The second-order valence-corrected chi connectivity index (χ2v) is 12.7. The molecule has 1 saturated heterocycles.